The Labute approximate surface area is 157 Å². The maximum absolute atomic E-state index is 12.7. The highest BCUT2D eigenvalue weighted by Crippen LogP contribution is 2.21. The van der Waals surface area contributed by atoms with Gasteiger partial charge in [-0.25, -0.2) is 8.42 Å². The van der Waals surface area contributed by atoms with Crippen LogP contribution >= 0.6 is 11.8 Å². The number of sulfonamides is 1. The van der Waals surface area contributed by atoms with Gasteiger partial charge in [-0.3, -0.25) is 4.79 Å². The third-order valence-corrected chi connectivity index (χ3v) is 6.78. The van der Waals surface area contributed by atoms with Crippen LogP contribution in [0.4, 0.5) is 5.69 Å². The van der Waals surface area contributed by atoms with Crippen LogP contribution in [-0.4, -0.2) is 55.8 Å². The Hall–Kier alpha value is -1.81. The smallest absolute Gasteiger partial charge is 0.272 e. The maximum atomic E-state index is 12.7. The van der Waals surface area contributed by atoms with E-state index in [4.69, 9.17) is 4.74 Å². The Morgan fingerprint density at radius 2 is 1.85 bits per heavy atom. The molecule has 0 saturated carbocycles. The fourth-order valence-corrected chi connectivity index (χ4v) is 4.59. The van der Waals surface area contributed by atoms with E-state index in [-0.39, 0.29) is 16.5 Å². The molecule has 0 spiro atoms. The van der Waals surface area contributed by atoms with Crippen LogP contribution in [0.3, 0.4) is 0 Å². The molecule has 1 aromatic heterocycles. The van der Waals surface area contributed by atoms with Crippen LogP contribution in [0.25, 0.3) is 0 Å². The summed E-state index contributed by atoms with van der Waals surface area (Å²) in [5, 5.41) is 2.80. The highest BCUT2D eigenvalue weighted by atomic mass is 32.2. The van der Waals surface area contributed by atoms with Gasteiger partial charge in [0.25, 0.3) is 5.91 Å². The third kappa shape index (κ3) is 3.96. The molecule has 2 aromatic rings. The number of ether oxygens (including phenoxy) is 1. The van der Waals surface area contributed by atoms with Gasteiger partial charge in [0, 0.05) is 36.9 Å². The molecule has 140 valence electrons. The third-order valence-electron chi connectivity index (χ3n) is 4.17. The van der Waals surface area contributed by atoms with Gasteiger partial charge in [-0.05, 0) is 36.6 Å². The normalized spacial score (nSPS) is 15.8. The summed E-state index contributed by atoms with van der Waals surface area (Å²) in [6.45, 7) is 1.40. The summed E-state index contributed by atoms with van der Waals surface area (Å²) in [6, 6.07) is 8.88. The molecule has 26 heavy (non-hydrogen) atoms. The van der Waals surface area contributed by atoms with E-state index in [1.807, 2.05) is 30.5 Å². The van der Waals surface area contributed by atoms with E-state index in [2.05, 4.69) is 5.32 Å². The lowest BCUT2D eigenvalue weighted by Gasteiger charge is -2.25. The van der Waals surface area contributed by atoms with Crippen LogP contribution in [0.1, 0.15) is 10.5 Å². The zero-order chi connectivity index (χ0) is 18.7. The first-order chi connectivity index (χ1) is 12.4. The standard InChI is InChI=1S/C17H21N3O4S2/c1-19-12-15(26(22,23)20-7-9-24-10-8-20)11-16(19)17(21)18-13-3-5-14(25-2)6-4-13/h3-6,11-12H,7-10H2,1-2H3,(H,18,21). The highest BCUT2D eigenvalue weighted by molar-refractivity contribution is 7.98. The number of aryl methyl sites for hydroxylation is 1. The van der Waals surface area contributed by atoms with Crippen molar-refractivity contribution in [2.45, 2.75) is 9.79 Å². The largest absolute Gasteiger partial charge is 0.379 e. The van der Waals surface area contributed by atoms with Crippen molar-refractivity contribution in [3.05, 3.63) is 42.2 Å². The molecule has 0 atom stereocenters. The van der Waals surface area contributed by atoms with Crippen molar-refractivity contribution in [1.82, 2.24) is 8.87 Å². The summed E-state index contributed by atoms with van der Waals surface area (Å²) in [5.74, 6) is -0.354. The van der Waals surface area contributed by atoms with Crippen LogP contribution < -0.4 is 5.32 Å². The van der Waals surface area contributed by atoms with Crippen LogP contribution in [-0.2, 0) is 21.8 Å². The van der Waals surface area contributed by atoms with Gasteiger partial charge in [-0.2, -0.15) is 4.31 Å². The van der Waals surface area contributed by atoms with Gasteiger partial charge in [0.15, 0.2) is 0 Å². The Morgan fingerprint density at radius 3 is 2.46 bits per heavy atom. The van der Waals surface area contributed by atoms with E-state index in [9.17, 15) is 13.2 Å². The molecule has 9 heteroatoms. The minimum atomic E-state index is -3.63. The van der Waals surface area contributed by atoms with Crippen molar-refractivity contribution in [1.29, 1.82) is 0 Å². The molecule has 1 N–H and O–H groups in total. The first-order valence-electron chi connectivity index (χ1n) is 8.11. The molecule has 1 aliphatic heterocycles. The number of rotatable bonds is 5. The average Bonchev–Trinajstić information content (AvgIpc) is 3.06. The van der Waals surface area contributed by atoms with Gasteiger partial charge in [-0.1, -0.05) is 0 Å². The van der Waals surface area contributed by atoms with Crippen molar-refractivity contribution in [2.24, 2.45) is 7.05 Å². The summed E-state index contributed by atoms with van der Waals surface area (Å²) in [6.07, 6.45) is 3.45. The number of hydrogen-bond acceptors (Lipinski definition) is 5. The number of aromatic nitrogens is 1. The van der Waals surface area contributed by atoms with Crippen LogP contribution in [0, 0.1) is 0 Å². The topological polar surface area (TPSA) is 80.6 Å². The van der Waals surface area contributed by atoms with Gasteiger partial charge in [0.1, 0.15) is 10.6 Å². The SMILES string of the molecule is CSc1ccc(NC(=O)c2cc(S(=O)(=O)N3CCOCC3)cn2C)cc1. The van der Waals surface area contributed by atoms with Gasteiger partial charge in [-0.15, -0.1) is 11.8 Å². The van der Waals surface area contributed by atoms with E-state index < -0.39 is 10.0 Å². The van der Waals surface area contributed by atoms with E-state index in [0.717, 1.165) is 4.90 Å². The maximum Gasteiger partial charge on any atom is 0.272 e. The lowest BCUT2D eigenvalue weighted by molar-refractivity contribution is 0.0730. The molecule has 1 saturated heterocycles. The predicted octanol–water partition coefficient (Wildman–Crippen LogP) is 2.02. The minimum absolute atomic E-state index is 0.116. The van der Waals surface area contributed by atoms with E-state index in [0.29, 0.717) is 32.0 Å². The Kier molecular flexibility index (Phi) is 5.71. The summed E-state index contributed by atoms with van der Waals surface area (Å²) in [4.78, 5) is 13.8. The molecule has 0 aliphatic carbocycles. The molecule has 0 radical (unpaired) electrons. The zero-order valence-corrected chi connectivity index (χ0v) is 16.3. The van der Waals surface area contributed by atoms with Crippen molar-refractivity contribution in [2.75, 3.05) is 37.9 Å². The number of nitrogens with zero attached hydrogens (tertiary/aromatic N) is 2. The number of hydrogen-bond donors (Lipinski definition) is 1. The van der Waals surface area contributed by atoms with Gasteiger partial charge in [0.2, 0.25) is 10.0 Å². The number of morpholine rings is 1. The van der Waals surface area contributed by atoms with E-state index in [1.54, 1.807) is 18.8 Å². The van der Waals surface area contributed by atoms with Crippen LogP contribution in [0.2, 0.25) is 0 Å². The van der Waals surface area contributed by atoms with Crippen molar-refractivity contribution >= 4 is 33.4 Å². The second-order valence-corrected chi connectivity index (χ2v) is 8.69. The van der Waals surface area contributed by atoms with Crippen molar-refractivity contribution in [3.63, 3.8) is 0 Å². The number of thioether (sulfide) groups is 1. The minimum Gasteiger partial charge on any atom is -0.379 e. The summed E-state index contributed by atoms with van der Waals surface area (Å²) in [5.41, 5.74) is 0.942. The number of anilines is 1. The van der Waals surface area contributed by atoms with Crippen molar-refractivity contribution in [3.8, 4) is 0 Å². The molecule has 1 fully saturated rings. The average molecular weight is 396 g/mol. The second-order valence-electron chi connectivity index (χ2n) is 5.87. The van der Waals surface area contributed by atoms with Crippen LogP contribution in [0.5, 0.6) is 0 Å². The molecule has 1 amide bonds. The molecule has 2 heterocycles. The Bertz CT molecular complexity index is 885. The molecule has 3 rings (SSSR count). The summed E-state index contributed by atoms with van der Waals surface area (Å²) in [7, 11) is -1.97. The molecular weight excluding hydrogens is 374 g/mol. The molecule has 7 nitrogen and oxygen atoms in total. The lowest BCUT2D eigenvalue weighted by atomic mass is 10.3. The van der Waals surface area contributed by atoms with Gasteiger partial charge < -0.3 is 14.6 Å². The number of carbonyl (C=O) groups excluding carboxylic acids is 1. The van der Waals surface area contributed by atoms with Crippen LogP contribution in [0.15, 0.2) is 46.3 Å². The molecule has 1 aliphatic rings. The molecule has 0 unspecified atom stereocenters. The Balaban J connectivity index is 1.79. The van der Waals surface area contributed by atoms with E-state index >= 15 is 0 Å². The molecule has 1 aromatic carbocycles. The number of amides is 1. The first-order valence-corrected chi connectivity index (χ1v) is 10.8. The van der Waals surface area contributed by atoms with Gasteiger partial charge >= 0.3 is 0 Å². The fourth-order valence-electron chi connectivity index (χ4n) is 2.71. The zero-order valence-electron chi connectivity index (χ0n) is 14.6. The number of nitrogens with one attached hydrogen (secondary N) is 1. The number of carbonyl (C=O) groups is 1. The number of benzene rings is 1. The monoisotopic (exact) mass is 395 g/mol. The quantitative estimate of drug-likeness (QED) is 0.784. The van der Waals surface area contributed by atoms with Crippen molar-refractivity contribution < 1.29 is 17.9 Å². The highest BCUT2D eigenvalue weighted by Gasteiger charge is 2.28. The van der Waals surface area contributed by atoms with E-state index in [1.165, 1.54) is 21.1 Å². The molecule has 0 bridgehead atoms. The Morgan fingerprint density at radius 1 is 1.19 bits per heavy atom. The second kappa shape index (κ2) is 7.83. The summed E-state index contributed by atoms with van der Waals surface area (Å²) < 4.78 is 33.6. The van der Waals surface area contributed by atoms with Gasteiger partial charge in [0.05, 0.1) is 13.2 Å². The lowest BCUT2D eigenvalue weighted by Crippen LogP contribution is -2.40. The molecular formula is C17H21N3O4S2. The first kappa shape index (κ1) is 19.0. The fraction of sp³-hybridized carbons (Fsp3) is 0.353. The summed E-state index contributed by atoms with van der Waals surface area (Å²) >= 11 is 1.62. The predicted molar refractivity (Wildman–Crippen MR) is 101 cm³/mol.